The van der Waals surface area contributed by atoms with Crippen LogP contribution in [0.4, 0.5) is 11.4 Å². The third-order valence-corrected chi connectivity index (χ3v) is 3.77. The molecule has 0 unspecified atom stereocenters. The van der Waals surface area contributed by atoms with E-state index in [9.17, 15) is 10.1 Å². The minimum atomic E-state index is -0.407. The zero-order valence-electron chi connectivity index (χ0n) is 11.8. The van der Waals surface area contributed by atoms with E-state index in [4.69, 9.17) is 4.74 Å². The van der Waals surface area contributed by atoms with Crippen LogP contribution >= 0.6 is 11.8 Å². The van der Waals surface area contributed by atoms with E-state index in [1.807, 2.05) is 30.5 Å². The van der Waals surface area contributed by atoms with E-state index >= 15 is 0 Å². The minimum Gasteiger partial charge on any atom is -0.489 e. The van der Waals surface area contributed by atoms with Crippen molar-refractivity contribution in [1.82, 2.24) is 0 Å². The monoisotopic (exact) mass is 304 g/mol. The number of rotatable bonds is 6. The Hall–Kier alpha value is -2.21. The summed E-state index contributed by atoms with van der Waals surface area (Å²) in [7, 11) is 1.78. The second kappa shape index (κ2) is 6.99. The minimum absolute atomic E-state index is 0.0605. The molecule has 0 saturated heterocycles. The number of ether oxygens (including phenoxy) is 1. The topological polar surface area (TPSA) is 64.4 Å². The normalized spacial score (nSPS) is 10.2. The van der Waals surface area contributed by atoms with Gasteiger partial charge in [-0.05, 0) is 36.6 Å². The van der Waals surface area contributed by atoms with Gasteiger partial charge in [-0.25, -0.2) is 0 Å². The molecule has 0 heterocycles. The molecular formula is C15H16N2O3S. The molecule has 110 valence electrons. The number of nitro benzene ring substituents is 1. The van der Waals surface area contributed by atoms with Crippen LogP contribution in [0.1, 0.15) is 5.56 Å². The maximum Gasteiger partial charge on any atom is 0.269 e. The Morgan fingerprint density at radius 1 is 1.24 bits per heavy atom. The number of hydrogen-bond acceptors (Lipinski definition) is 5. The van der Waals surface area contributed by atoms with Crippen LogP contribution in [-0.2, 0) is 6.61 Å². The van der Waals surface area contributed by atoms with Gasteiger partial charge in [0.1, 0.15) is 12.4 Å². The first kappa shape index (κ1) is 15.2. The fraction of sp³-hybridized carbons (Fsp3) is 0.200. The molecule has 5 nitrogen and oxygen atoms in total. The molecule has 1 N–H and O–H groups in total. The summed E-state index contributed by atoms with van der Waals surface area (Å²) >= 11 is 1.66. The van der Waals surface area contributed by atoms with E-state index in [1.54, 1.807) is 24.9 Å². The highest BCUT2D eigenvalue weighted by atomic mass is 32.2. The predicted octanol–water partition coefficient (Wildman–Crippen LogP) is 3.94. The maximum absolute atomic E-state index is 10.8. The fourth-order valence-corrected chi connectivity index (χ4v) is 2.30. The highest BCUT2D eigenvalue weighted by molar-refractivity contribution is 7.98. The molecule has 0 fully saturated rings. The van der Waals surface area contributed by atoms with Crippen LogP contribution in [0.25, 0.3) is 0 Å². The summed E-state index contributed by atoms with van der Waals surface area (Å²) in [5, 5.41) is 13.8. The standard InChI is InChI=1S/C15H16N2O3S/c1-16-15-8-3-12(17(18)19)9-11(15)10-20-13-4-6-14(21-2)7-5-13/h3-9,16H,10H2,1-2H3. The van der Waals surface area contributed by atoms with Gasteiger partial charge in [-0.1, -0.05) is 0 Å². The summed E-state index contributed by atoms with van der Waals surface area (Å²) in [5.41, 5.74) is 1.63. The SMILES string of the molecule is CNc1ccc([N+](=O)[O-])cc1COc1ccc(SC)cc1. The molecule has 0 atom stereocenters. The van der Waals surface area contributed by atoms with Crippen molar-refractivity contribution in [2.75, 3.05) is 18.6 Å². The zero-order valence-corrected chi connectivity index (χ0v) is 12.6. The average molecular weight is 304 g/mol. The smallest absolute Gasteiger partial charge is 0.269 e. The van der Waals surface area contributed by atoms with Crippen molar-refractivity contribution in [3.8, 4) is 5.75 Å². The number of nitrogens with zero attached hydrogens (tertiary/aromatic N) is 1. The molecule has 0 aliphatic rings. The lowest BCUT2D eigenvalue weighted by Crippen LogP contribution is -2.02. The zero-order chi connectivity index (χ0) is 15.2. The largest absolute Gasteiger partial charge is 0.489 e. The number of thioether (sulfide) groups is 1. The maximum atomic E-state index is 10.8. The van der Waals surface area contributed by atoms with Crippen molar-refractivity contribution in [1.29, 1.82) is 0 Å². The van der Waals surface area contributed by atoms with Gasteiger partial charge in [-0.3, -0.25) is 10.1 Å². The van der Waals surface area contributed by atoms with Gasteiger partial charge in [0, 0.05) is 35.3 Å². The van der Waals surface area contributed by atoms with E-state index in [2.05, 4.69) is 5.32 Å². The molecule has 0 spiro atoms. The van der Waals surface area contributed by atoms with Crippen LogP contribution in [0.2, 0.25) is 0 Å². The molecule has 0 saturated carbocycles. The quantitative estimate of drug-likeness (QED) is 0.497. The Bertz CT molecular complexity index is 629. The first-order chi connectivity index (χ1) is 10.1. The van der Waals surface area contributed by atoms with Crippen LogP contribution in [0.15, 0.2) is 47.4 Å². The van der Waals surface area contributed by atoms with Crippen molar-refractivity contribution in [3.05, 3.63) is 58.1 Å². The Labute approximate surface area is 127 Å². The molecule has 0 amide bonds. The number of anilines is 1. The molecule has 0 aliphatic heterocycles. The van der Waals surface area contributed by atoms with Crippen molar-refractivity contribution < 1.29 is 9.66 Å². The summed E-state index contributed by atoms with van der Waals surface area (Å²) in [4.78, 5) is 11.6. The van der Waals surface area contributed by atoms with Crippen LogP contribution < -0.4 is 10.1 Å². The van der Waals surface area contributed by atoms with Gasteiger partial charge >= 0.3 is 0 Å². The van der Waals surface area contributed by atoms with E-state index in [-0.39, 0.29) is 12.3 Å². The van der Waals surface area contributed by atoms with E-state index in [1.165, 1.54) is 12.1 Å². The Kier molecular flexibility index (Phi) is 5.05. The number of nitro groups is 1. The molecule has 0 aromatic heterocycles. The van der Waals surface area contributed by atoms with Crippen LogP contribution in [0.5, 0.6) is 5.75 Å². The predicted molar refractivity (Wildman–Crippen MR) is 85.2 cm³/mol. The first-order valence-corrected chi connectivity index (χ1v) is 7.58. The van der Waals surface area contributed by atoms with Gasteiger partial charge in [0.2, 0.25) is 0 Å². The van der Waals surface area contributed by atoms with Crippen LogP contribution in [-0.4, -0.2) is 18.2 Å². The van der Waals surface area contributed by atoms with Crippen molar-refractivity contribution in [3.63, 3.8) is 0 Å². The van der Waals surface area contributed by atoms with Crippen molar-refractivity contribution in [2.45, 2.75) is 11.5 Å². The first-order valence-electron chi connectivity index (χ1n) is 6.36. The number of non-ortho nitro benzene ring substituents is 1. The van der Waals surface area contributed by atoms with E-state index in [0.29, 0.717) is 0 Å². The van der Waals surface area contributed by atoms with Gasteiger partial charge in [0.05, 0.1) is 4.92 Å². The molecule has 6 heteroatoms. The van der Waals surface area contributed by atoms with Gasteiger partial charge < -0.3 is 10.1 Å². The molecule has 2 aromatic rings. The molecular weight excluding hydrogens is 288 g/mol. The summed E-state index contributed by atoms with van der Waals surface area (Å²) in [6.45, 7) is 0.274. The summed E-state index contributed by atoms with van der Waals surface area (Å²) in [6.07, 6.45) is 2.01. The Morgan fingerprint density at radius 3 is 2.52 bits per heavy atom. The second-order valence-electron chi connectivity index (χ2n) is 4.31. The van der Waals surface area contributed by atoms with Gasteiger partial charge in [-0.2, -0.15) is 0 Å². The Morgan fingerprint density at radius 2 is 1.95 bits per heavy atom. The third kappa shape index (κ3) is 3.88. The van der Waals surface area contributed by atoms with Crippen LogP contribution in [0, 0.1) is 10.1 Å². The summed E-state index contributed by atoms with van der Waals surface area (Å²) < 4.78 is 5.70. The molecule has 2 rings (SSSR count). The number of nitrogens with one attached hydrogen (secondary N) is 1. The lowest BCUT2D eigenvalue weighted by atomic mass is 10.1. The lowest BCUT2D eigenvalue weighted by Gasteiger charge is -2.11. The van der Waals surface area contributed by atoms with E-state index in [0.717, 1.165) is 21.9 Å². The van der Waals surface area contributed by atoms with Gasteiger partial charge in [0.25, 0.3) is 5.69 Å². The summed E-state index contributed by atoms with van der Waals surface area (Å²) in [6, 6.07) is 12.4. The lowest BCUT2D eigenvalue weighted by molar-refractivity contribution is -0.384. The van der Waals surface area contributed by atoms with Gasteiger partial charge in [0.15, 0.2) is 0 Å². The molecule has 2 aromatic carbocycles. The Balaban J connectivity index is 2.13. The number of hydrogen-bond donors (Lipinski definition) is 1. The van der Waals surface area contributed by atoms with Crippen molar-refractivity contribution >= 4 is 23.1 Å². The molecule has 21 heavy (non-hydrogen) atoms. The van der Waals surface area contributed by atoms with Crippen molar-refractivity contribution in [2.24, 2.45) is 0 Å². The molecule has 0 aliphatic carbocycles. The molecule has 0 radical (unpaired) electrons. The van der Waals surface area contributed by atoms with E-state index < -0.39 is 4.92 Å². The van der Waals surface area contributed by atoms with Crippen LogP contribution in [0.3, 0.4) is 0 Å². The fourth-order valence-electron chi connectivity index (χ4n) is 1.89. The number of benzene rings is 2. The summed E-state index contributed by atoms with van der Waals surface area (Å²) in [5.74, 6) is 0.737. The highest BCUT2D eigenvalue weighted by Crippen LogP contribution is 2.24. The third-order valence-electron chi connectivity index (χ3n) is 3.02. The molecule has 0 bridgehead atoms. The highest BCUT2D eigenvalue weighted by Gasteiger charge is 2.10. The average Bonchev–Trinajstić information content (AvgIpc) is 2.53. The second-order valence-corrected chi connectivity index (χ2v) is 5.19. The van der Waals surface area contributed by atoms with Gasteiger partial charge in [-0.15, -0.1) is 11.8 Å².